The minimum atomic E-state index is -3.86. The molecule has 14 heavy (non-hydrogen) atoms. The van der Waals surface area contributed by atoms with E-state index in [-0.39, 0.29) is 0 Å². The van der Waals surface area contributed by atoms with E-state index in [1.165, 1.54) is 0 Å². The lowest BCUT2D eigenvalue weighted by Crippen LogP contribution is -2.35. The van der Waals surface area contributed by atoms with Crippen LogP contribution in [0.5, 0.6) is 0 Å². The molecule has 2 nitrogen and oxygen atoms in total. The van der Waals surface area contributed by atoms with Crippen LogP contribution in [-0.4, -0.2) is 26.2 Å². The van der Waals surface area contributed by atoms with E-state index in [2.05, 4.69) is 11.6 Å². The molecule has 0 amide bonds. The normalized spacial score (nSPS) is 15.3. The number of hydrogen-bond acceptors (Lipinski definition) is 1. The number of hydrogen-bond donors (Lipinski definition) is 1. The highest BCUT2D eigenvalue weighted by molar-refractivity contribution is 6.53. The first-order valence-corrected chi connectivity index (χ1v) is 4.93. The van der Waals surface area contributed by atoms with Crippen molar-refractivity contribution in [2.24, 2.45) is 0 Å². The number of rotatable bonds is 5. The van der Waals surface area contributed by atoms with E-state index < -0.39 is 33.9 Å². The molecule has 0 aromatic carbocycles. The number of alkyl halides is 6. The molecule has 84 valence electrons. The van der Waals surface area contributed by atoms with E-state index >= 15 is 0 Å². The van der Waals surface area contributed by atoms with Crippen molar-refractivity contribution in [2.75, 3.05) is 0 Å². The molecule has 0 bridgehead atoms. The molecule has 0 spiro atoms. The van der Waals surface area contributed by atoms with Crippen molar-refractivity contribution < 1.29 is 18.7 Å². The van der Waals surface area contributed by atoms with Crippen LogP contribution in [0.1, 0.15) is 12.8 Å². The second-order valence-corrected chi connectivity index (χ2v) is 5.18. The van der Waals surface area contributed by atoms with Crippen LogP contribution in [0, 0.1) is 0 Å². The Morgan fingerprint density at radius 2 is 1.79 bits per heavy atom. The zero-order valence-electron chi connectivity index (χ0n) is 6.61. The van der Waals surface area contributed by atoms with Gasteiger partial charge in [0.2, 0.25) is 0 Å². The summed E-state index contributed by atoms with van der Waals surface area (Å²) in [6, 6.07) is 0. The maximum absolute atomic E-state index is 12.5. The zero-order chi connectivity index (χ0) is 11.6. The van der Waals surface area contributed by atoms with Crippen molar-refractivity contribution in [3.63, 3.8) is 0 Å². The van der Waals surface area contributed by atoms with Crippen molar-refractivity contribution in [1.29, 1.82) is 0 Å². The second-order valence-electron chi connectivity index (χ2n) is 2.60. The topological polar surface area (TPSA) is 37.3 Å². The summed E-state index contributed by atoms with van der Waals surface area (Å²) >= 11 is 20.4. The van der Waals surface area contributed by atoms with Crippen molar-refractivity contribution >= 4 is 52.4 Å². The van der Waals surface area contributed by atoms with Gasteiger partial charge in [-0.15, -0.1) is 11.6 Å². The third kappa shape index (κ3) is 4.82. The Balaban J connectivity index is 4.29. The Bertz CT molecular complexity index is 216. The van der Waals surface area contributed by atoms with Crippen LogP contribution in [0.25, 0.3) is 0 Å². The van der Waals surface area contributed by atoms with Crippen LogP contribution in [-0.2, 0) is 4.79 Å². The summed E-state index contributed by atoms with van der Waals surface area (Å²) in [5.74, 6) is -1.23. The van der Waals surface area contributed by atoms with Crippen LogP contribution in [0.2, 0.25) is 0 Å². The van der Waals surface area contributed by atoms with Gasteiger partial charge in [0.05, 0.1) is 6.42 Å². The molecule has 0 heterocycles. The highest BCUT2D eigenvalue weighted by Gasteiger charge is 2.51. The minimum Gasteiger partial charge on any atom is -0.481 e. The van der Waals surface area contributed by atoms with Gasteiger partial charge in [0.1, 0.15) is 0 Å². The zero-order valence-corrected chi connectivity index (χ0v) is 9.64. The van der Waals surface area contributed by atoms with Gasteiger partial charge in [0, 0.05) is 11.8 Å². The van der Waals surface area contributed by atoms with Gasteiger partial charge in [0.25, 0.3) is 0 Å². The molecule has 0 aliphatic heterocycles. The molecule has 0 fully saturated rings. The lowest BCUT2D eigenvalue weighted by molar-refractivity contribution is -0.137. The maximum Gasteiger partial charge on any atom is 0.354 e. The fraction of sp³-hybridized carbons (Fsp3) is 0.833. The second kappa shape index (κ2) is 5.01. The summed E-state index contributed by atoms with van der Waals surface area (Å²) in [6.07, 6.45) is -1.14. The van der Waals surface area contributed by atoms with E-state index in [0.717, 1.165) is 0 Å². The van der Waals surface area contributed by atoms with Gasteiger partial charge in [-0.25, -0.2) is 0 Å². The van der Waals surface area contributed by atoms with Crippen LogP contribution in [0.4, 0.5) is 8.78 Å². The maximum atomic E-state index is 12.5. The van der Waals surface area contributed by atoms with Crippen LogP contribution < -0.4 is 0 Å². The predicted molar refractivity (Wildman–Crippen MR) is 51.7 cm³/mol. The van der Waals surface area contributed by atoms with Gasteiger partial charge in [-0.2, -0.15) is 8.78 Å². The summed E-state index contributed by atoms with van der Waals surface area (Å²) in [6.45, 7) is 0. The van der Waals surface area contributed by atoms with Gasteiger partial charge in [-0.3, -0.25) is 4.79 Å². The standard InChI is InChI=1S/C6H6Cl4F2O2/c7-3(1-4(13)14)2-5(8,9)6(10,11)12/h3H,1-2H2,(H,13,14). The number of carboxylic acid groups (broad SMARTS) is 1. The third-order valence-corrected chi connectivity index (χ3v) is 2.90. The van der Waals surface area contributed by atoms with Crippen molar-refractivity contribution in [3.8, 4) is 0 Å². The first kappa shape index (κ1) is 14.5. The number of carboxylic acids is 1. The lowest BCUT2D eigenvalue weighted by Gasteiger charge is -2.25. The van der Waals surface area contributed by atoms with Crippen LogP contribution in [0.15, 0.2) is 0 Å². The molecule has 0 rings (SSSR count). The quantitative estimate of drug-likeness (QED) is 0.787. The Morgan fingerprint density at radius 3 is 2.07 bits per heavy atom. The van der Waals surface area contributed by atoms with Gasteiger partial charge < -0.3 is 5.11 Å². The summed E-state index contributed by atoms with van der Waals surface area (Å²) in [5, 5.41) is 3.33. The monoisotopic (exact) mass is 288 g/mol. The van der Waals surface area contributed by atoms with E-state index in [4.69, 9.17) is 39.9 Å². The average molecular weight is 290 g/mol. The molecular formula is C6H6Cl4F2O2. The van der Waals surface area contributed by atoms with Crippen LogP contribution in [0.3, 0.4) is 0 Å². The first-order valence-electron chi connectivity index (χ1n) is 3.36. The molecule has 0 saturated heterocycles. The molecule has 0 saturated carbocycles. The molecule has 0 radical (unpaired) electrons. The highest BCUT2D eigenvalue weighted by Crippen LogP contribution is 2.45. The summed E-state index contributed by atoms with van der Waals surface area (Å²) in [4.78, 5) is 10.2. The Morgan fingerprint density at radius 1 is 1.36 bits per heavy atom. The number of halogens is 6. The van der Waals surface area contributed by atoms with Gasteiger partial charge >= 0.3 is 11.4 Å². The Hall–Kier alpha value is 0.490. The van der Waals surface area contributed by atoms with Crippen molar-refractivity contribution in [3.05, 3.63) is 0 Å². The molecule has 1 N–H and O–H groups in total. The largest absolute Gasteiger partial charge is 0.481 e. The number of aliphatic carboxylic acids is 1. The minimum absolute atomic E-state index is 0.518. The SMILES string of the molecule is O=C(O)CC(Cl)CC(Cl)(Cl)C(F)(F)Cl. The summed E-state index contributed by atoms with van der Waals surface area (Å²) in [7, 11) is 0. The van der Waals surface area contributed by atoms with Gasteiger partial charge in [-0.05, 0) is 11.6 Å². The van der Waals surface area contributed by atoms with Gasteiger partial charge in [0.15, 0.2) is 4.33 Å². The highest BCUT2D eigenvalue weighted by atomic mass is 35.5. The summed E-state index contributed by atoms with van der Waals surface area (Å²) < 4.78 is 22.4. The molecule has 0 aromatic rings. The van der Waals surface area contributed by atoms with Gasteiger partial charge in [-0.1, -0.05) is 23.2 Å². The molecule has 0 aliphatic carbocycles. The van der Waals surface area contributed by atoms with E-state index in [1.54, 1.807) is 0 Å². The fourth-order valence-corrected chi connectivity index (χ4v) is 1.63. The Kier molecular flexibility index (Phi) is 5.19. The Labute approximate surface area is 99.1 Å². The van der Waals surface area contributed by atoms with E-state index in [0.29, 0.717) is 0 Å². The molecule has 0 aromatic heterocycles. The lowest BCUT2D eigenvalue weighted by atomic mass is 10.2. The summed E-state index contributed by atoms with van der Waals surface area (Å²) in [5.41, 5.74) is 0. The third-order valence-electron chi connectivity index (χ3n) is 1.29. The molecule has 0 aliphatic rings. The van der Waals surface area contributed by atoms with Crippen molar-refractivity contribution in [2.45, 2.75) is 27.9 Å². The van der Waals surface area contributed by atoms with E-state index in [9.17, 15) is 13.6 Å². The molecule has 8 heteroatoms. The van der Waals surface area contributed by atoms with Crippen LogP contribution >= 0.6 is 46.4 Å². The average Bonchev–Trinajstić information content (AvgIpc) is 1.79. The first-order chi connectivity index (χ1) is 6.06. The predicted octanol–water partition coefficient (Wildman–Crippen LogP) is 3.46. The number of carbonyl (C=O) groups is 1. The molecule has 1 unspecified atom stereocenters. The molecular weight excluding hydrogens is 284 g/mol. The smallest absolute Gasteiger partial charge is 0.354 e. The van der Waals surface area contributed by atoms with E-state index in [1.807, 2.05) is 0 Å². The molecule has 1 atom stereocenters. The van der Waals surface area contributed by atoms with Crippen molar-refractivity contribution in [1.82, 2.24) is 0 Å². The fourth-order valence-electron chi connectivity index (χ4n) is 0.656.